The first-order valence-electron chi connectivity index (χ1n) is 13.6. The van der Waals surface area contributed by atoms with Crippen molar-refractivity contribution in [3.63, 3.8) is 0 Å². The summed E-state index contributed by atoms with van der Waals surface area (Å²) in [5, 5.41) is 4.32. The van der Waals surface area contributed by atoms with Crippen LogP contribution in [0.1, 0.15) is 30.5 Å². The molecular weight excluding hydrogens is 473 g/mol. The van der Waals surface area contributed by atoms with Crippen molar-refractivity contribution in [2.24, 2.45) is 5.41 Å². The van der Waals surface area contributed by atoms with Gasteiger partial charge in [0.2, 0.25) is 0 Å². The molecule has 0 aliphatic carbocycles. The van der Waals surface area contributed by atoms with Crippen LogP contribution in [0.25, 0.3) is 38.9 Å². The molecule has 192 valence electrons. The van der Waals surface area contributed by atoms with Gasteiger partial charge in [-0.2, -0.15) is 0 Å². The number of nitrogens with zero attached hydrogens (tertiary/aromatic N) is 4. The molecule has 2 saturated heterocycles. The molecule has 2 aliphatic rings. The van der Waals surface area contributed by atoms with Gasteiger partial charge in [-0.1, -0.05) is 12.1 Å². The van der Waals surface area contributed by atoms with Gasteiger partial charge in [0.1, 0.15) is 17.0 Å². The molecule has 2 aliphatic heterocycles. The van der Waals surface area contributed by atoms with Crippen LogP contribution >= 0.6 is 0 Å². The van der Waals surface area contributed by atoms with E-state index >= 15 is 0 Å². The number of hydrogen-bond acceptors (Lipinski definition) is 4. The molecule has 2 fully saturated rings. The second-order valence-corrected chi connectivity index (χ2v) is 11.2. The fourth-order valence-corrected chi connectivity index (χ4v) is 6.51. The second-order valence-electron chi connectivity index (χ2n) is 11.2. The molecule has 3 aromatic heterocycles. The number of halogens is 1. The molecule has 2 aromatic carbocycles. The number of rotatable bonds is 3. The van der Waals surface area contributed by atoms with Crippen molar-refractivity contribution in [3.05, 3.63) is 84.1 Å². The van der Waals surface area contributed by atoms with Crippen molar-refractivity contribution >= 4 is 22.2 Å². The van der Waals surface area contributed by atoms with Gasteiger partial charge in [-0.3, -0.25) is 9.38 Å². The van der Waals surface area contributed by atoms with Gasteiger partial charge in [0.05, 0.1) is 11.9 Å². The minimum absolute atomic E-state index is 0.288. The van der Waals surface area contributed by atoms with Gasteiger partial charge in [-0.25, -0.2) is 9.37 Å². The molecule has 38 heavy (non-hydrogen) atoms. The van der Waals surface area contributed by atoms with E-state index in [0.717, 1.165) is 58.7 Å². The van der Waals surface area contributed by atoms with Crippen LogP contribution in [0, 0.1) is 25.1 Å². The summed E-state index contributed by atoms with van der Waals surface area (Å²) in [4.78, 5) is 11.8. The molecule has 5 heterocycles. The van der Waals surface area contributed by atoms with Crippen LogP contribution < -0.4 is 10.2 Å². The lowest BCUT2D eigenvalue weighted by molar-refractivity contribution is 0.232. The number of imidazole rings is 1. The molecule has 0 atom stereocenters. The Balaban J connectivity index is 1.19. The normalized spacial score (nSPS) is 17.2. The highest BCUT2D eigenvalue weighted by atomic mass is 19.1. The first-order valence-corrected chi connectivity index (χ1v) is 13.6. The van der Waals surface area contributed by atoms with Crippen molar-refractivity contribution in [3.8, 4) is 22.4 Å². The number of aromatic nitrogens is 3. The first kappa shape index (κ1) is 23.4. The van der Waals surface area contributed by atoms with E-state index in [2.05, 4.69) is 62.2 Å². The second kappa shape index (κ2) is 8.91. The molecule has 6 heteroatoms. The smallest absolute Gasteiger partial charge is 0.149 e. The average Bonchev–Trinajstić information content (AvgIpc) is 3.53. The molecule has 7 rings (SSSR count). The predicted molar refractivity (Wildman–Crippen MR) is 152 cm³/mol. The maximum Gasteiger partial charge on any atom is 0.149 e. The molecule has 0 bridgehead atoms. The van der Waals surface area contributed by atoms with E-state index in [9.17, 15) is 4.39 Å². The van der Waals surface area contributed by atoms with Crippen molar-refractivity contribution in [2.45, 2.75) is 33.1 Å². The van der Waals surface area contributed by atoms with Crippen molar-refractivity contribution in [1.29, 1.82) is 0 Å². The summed E-state index contributed by atoms with van der Waals surface area (Å²) in [5.41, 5.74) is 8.93. The minimum Gasteiger partial charge on any atom is -0.371 e. The summed E-state index contributed by atoms with van der Waals surface area (Å²) >= 11 is 0. The molecule has 1 N–H and O–H groups in total. The highest BCUT2D eigenvalue weighted by Crippen LogP contribution is 2.40. The molecule has 0 unspecified atom stereocenters. The number of nitrogens with one attached hydrogen (secondary N) is 1. The minimum atomic E-state index is -0.288. The number of fused-ring (bicyclic) bond motifs is 2. The maximum atomic E-state index is 14.7. The van der Waals surface area contributed by atoms with Crippen LogP contribution in [0.3, 0.4) is 0 Å². The van der Waals surface area contributed by atoms with Gasteiger partial charge in [0, 0.05) is 41.6 Å². The van der Waals surface area contributed by atoms with Gasteiger partial charge in [-0.15, -0.1) is 0 Å². The van der Waals surface area contributed by atoms with Crippen LogP contribution in [0.5, 0.6) is 0 Å². The van der Waals surface area contributed by atoms with Crippen molar-refractivity contribution in [1.82, 2.24) is 19.7 Å². The van der Waals surface area contributed by atoms with E-state index in [1.807, 2.05) is 32.2 Å². The Bertz CT molecular complexity index is 1660. The lowest BCUT2D eigenvalue weighted by atomic mass is 9.78. The molecule has 0 radical (unpaired) electrons. The number of pyridine rings is 2. The van der Waals surface area contributed by atoms with Crippen LogP contribution in [-0.2, 0) is 0 Å². The van der Waals surface area contributed by atoms with Crippen molar-refractivity contribution in [2.75, 3.05) is 31.1 Å². The molecule has 1 spiro atoms. The van der Waals surface area contributed by atoms with Gasteiger partial charge in [0.25, 0.3) is 0 Å². The largest absolute Gasteiger partial charge is 0.371 e. The fourth-order valence-electron chi connectivity index (χ4n) is 6.51. The zero-order valence-corrected chi connectivity index (χ0v) is 22.0. The first-order chi connectivity index (χ1) is 18.5. The Kier molecular flexibility index (Phi) is 5.48. The van der Waals surface area contributed by atoms with E-state index in [-0.39, 0.29) is 5.82 Å². The maximum absolute atomic E-state index is 14.7. The Morgan fingerprint density at radius 2 is 1.74 bits per heavy atom. The van der Waals surface area contributed by atoms with Crippen molar-refractivity contribution < 1.29 is 4.39 Å². The van der Waals surface area contributed by atoms with Gasteiger partial charge in [0.15, 0.2) is 0 Å². The highest BCUT2D eigenvalue weighted by Gasteiger charge is 2.38. The highest BCUT2D eigenvalue weighted by molar-refractivity contribution is 5.95. The van der Waals surface area contributed by atoms with E-state index in [4.69, 9.17) is 4.98 Å². The Hall–Kier alpha value is -3.77. The standard InChI is InChI=1S/C32H32FN5/c1-21-15-27-26(17-22(2)36-31(27)28(33)16-21)29-19-35-30-18-24(7-13-38(29)30)23-3-5-25(6-4-23)37-14-10-32(20-37)8-11-34-12-9-32/h3-7,13,15-19,34H,8-12,14,20H2,1-2H3. The quantitative estimate of drug-likeness (QED) is 0.302. The summed E-state index contributed by atoms with van der Waals surface area (Å²) in [6.07, 6.45) is 7.82. The van der Waals surface area contributed by atoms with Gasteiger partial charge >= 0.3 is 0 Å². The Morgan fingerprint density at radius 1 is 0.921 bits per heavy atom. The zero-order chi connectivity index (χ0) is 25.9. The fraction of sp³-hybridized carbons (Fsp3) is 0.312. The monoisotopic (exact) mass is 505 g/mol. The SMILES string of the molecule is Cc1cc(F)c2nc(C)cc(-c3cnc4cc(-c5ccc(N6CCC7(CCNCC7)C6)cc5)ccn34)c2c1. The van der Waals surface area contributed by atoms with Crippen LogP contribution in [-0.4, -0.2) is 40.5 Å². The van der Waals surface area contributed by atoms with Crippen LogP contribution in [0.4, 0.5) is 10.1 Å². The topological polar surface area (TPSA) is 45.5 Å². The van der Waals surface area contributed by atoms with E-state index in [1.165, 1.54) is 37.1 Å². The third-order valence-electron chi connectivity index (χ3n) is 8.60. The number of aryl methyl sites for hydroxylation is 2. The van der Waals surface area contributed by atoms with Crippen LogP contribution in [0.2, 0.25) is 0 Å². The van der Waals surface area contributed by atoms with Gasteiger partial charge in [-0.05, 0) is 111 Å². The predicted octanol–water partition coefficient (Wildman–Crippen LogP) is 6.55. The summed E-state index contributed by atoms with van der Waals surface area (Å²) in [6.45, 7) is 8.43. The Morgan fingerprint density at radius 3 is 2.55 bits per heavy atom. The van der Waals surface area contributed by atoms with E-state index < -0.39 is 0 Å². The summed E-state index contributed by atoms with van der Waals surface area (Å²) in [5.74, 6) is -0.288. The zero-order valence-electron chi connectivity index (χ0n) is 22.0. The average molecular weight is 506 g/mol. The summed E-state index contributed by atoms with van der Waals surface area (Å²) in [7, 11) is 0. The molecule has 0 amide bonds. The molecular formula is C32H32FN5. The molecule has 0 saturated carbocycles. The number of anilines is 1. The lowest BCUT2D eigenvalue weighted by Gasteiger charge is -2.34. The number of benzene rings is 2. The number of hydrogen-bond donors (Lipinski definition) is 1. The van der Waals surface area contributed by atoms with E-state index in [1.54, 1.807) is 6.07 Å². The molecule has 5 aromatic rings. The third kappa shape index (κ3) is 3.95. The lowest BCUT2D eigenvalue weighted by Crippen LogP contribution is -2.38. The third-order valence-corrected chi connectivity index (χ3v) is 8.60. The van der Waals surface area contributed by atoms with Gasteiger partial charge < -0.3 is 10.2 Å². The Labute approximate surface area is 222 Å². The van der Waals surface area contributed by atoms with Crippen LogP contribution in [0.15, 0.2) is 67.0 Å². The number of piperidine rings is 1. The summed E-state index contributed by atoms with van der Waals surface area (Å²) < 4.78 is 16.8. The van der Waals surface area contributed by atoms with E-state index in [0.29, 0.717) is 10.9 Å². The summed E-state index contributed by atoms with van der Waals surface area (Å²) in [6, 6.07) is 18.8. The molecule has 5 nitrogen and oxygen atoms in total.